The molecule has 0 spiro atoms. The van der Waals surface area contributed by atoms with Crippen LogP contribution in [0.5, 0.6) is 0 Å². The van der Waals surface area contributed by atoms with Crippen LogP contribution in [0, 0.1) is 21.4 Å². The summed E-state index contributed by atoms with van der Waals surface area (Å²) in [6.07, 6.45) is 3.22. The Labute approximate surface area is 154 Å². The fourth-order valence-electron chi connectivity index (χ4n) is 2.50. The van der Waals surface area contributed by atoms with Gasteiger partial charge < -0.3 is 9.88 Å². The van der Waals surface area contributed by atoms with Gasteiger partial charge in [0.15, 0.2) is 0 Å². The Morgan fingerprint density at radius 2 is 1.78 bits per heavy atom. The molecule has 0 bridgehead atoms. The molecule has 7 nitrogen and oxygen atoms in total. The van der Waals surface area contributed by atoms with Crippen molar-refractivity contribution in [3.05, 3.63) is 94.3 Å². The van der Waals surface area contributed by atoms with Gasteiger partial charge in [-0.25, -0.2) is 0 Å². The molecule has 1 heterocycles. The highest BCUT2D eigenvalue weighted by Crippen LogP contribution is 2.19. The molecule has 0 atom stereocenters. The molecular formula is C20H14N4O3. The summed E-state index contributed by atoms with van der Waals surface area (Å²) >= 11 is 0. The van der Waals surface area contributed by atoms with Crippen molar-refractivity contribution in [3.63, 3.8) is 0 Å². The maximum absolute atomic E-state index is 12.4. The molecule has 0 radical (unpaired) electrons. The third-order valence-corrected chi connectivity index (χ3v) is 3.81. The van der Waals surface area contributed by atoms with E-state index in [9.17, 15) is 20.2 Å². The fourth-order valence-corrected chi connectivity index (χ4v) is 2.50. The molecule has 1 aromatic heterocycles. The minimum Gasteiger partial charge on any atom is -0.321 e. The number of nitro benzene ring substituents is 1. The van der Waals surface area contributed by atoms with Crippen molar-refractivity contribution in [2.24, 2.45) is 0 Å². The first-order valence-electron chi connectivity index (χ1n) is 7.99. The molecule has 0 unspecified atom stereocenters. The maximum atomic E-state index is 12.4. The number of amides is 1. The van der Waals surface area contributed by atoms with Crippen LogP contribution in [-0.4, -0.2) is 15.4 Å². The number of benzene rings is 2. The average molecular weight is 358 g/mol. The monoisotopic (exact) mass is 358 g/mol. The molecule has 132 valence electrons. The fraction of sp³-hybridized carbons (Fsp3) is 0. The summed E-state index contributed by atoms with van der Waals surface area (Å²) in [6.45, 7) is 0. The summed E-state index contributed by atoms with van der Waals surface area (Å²) in [7, 11) is 0. The van der Waals surface area contributed by atoms with Crippen LogP contribution >= 0.6 is 0 Å². The summed E-state index contributed by atoms with van der Waals surface area (Å²) < 4.78 is 1.73. The normalized spacial score (nSPS) is 10.9. The van der Waals surface area contributed by atoms with Crippen molar-refractivity contribution in [1.29, 1.82) is 5.26 Å². The number of hydrogen-bond donors (Lipinski definition) is 1. The van der Waals surface area contributed by atoms with Crippen LogP contribution in [0.4, 0.5) is 11.4 Å². The van der Waals surface area contributed by atoms with Gasteiger partial charge in [-0.15, -0.1) is 0 Å². The zero-order chi connectivity index (χ0) is 19.2. The summed E-state index contributed by atoms with van der Waals surface area (Å²) in [5, 5.41) is 22.8. The number of hydrogen-bond acceptors (Lipinski definition) is 4. The molecule has 0 saturated carbocycles. The van der Waals surface area contributed by atoms with Crippen LogP contribution in [0.25, 0.3) is 11.8 Å². The van der Waals surface area contributed by atoms with Gasteiger partial charge in [0.25, 0.3) is 11.6 Å². The van der Waals surface area contributed by atoms with E-state index < -0.39 is 10.8 Å². The second-order valence-corrected chi connectivity index (χ2v) is 5.57. The SMILES string of the molecule is N#C/C(=C/c1cccn1-c1ccc([N+](=O)[O-])cc1)C(=O)Nc1ccccc1. The first kappa shape index (κ1) is 17.6. The summed E-state index contributed by atoms with van der Waals surface area (Å²) in [5.41, 5.74) is 1.80. The standard InChI is InChI=1S/C20H14N4O3/c21-14-15(20(25)22-16-5-2-1-3-6-16)13-19-7-4-12-23(19)17-8-10-18(11-9-17)24(26)27/h1-13H,(H,22,25)/b15-13-. The Hall–Kier alpha value is -4.18. The van der Waals surface area contributed by atoms with E-state index >= 15 is 0 Å². The van der Waals surface area contributed by atoms with E-state index in [4.69, 9.17) is 0 Å². The van der Waals surface area contributed by atoms with Crippen LogP contribution in [0.15, 0.2) is 78.5 Å². The van der Waals surface area contributed by atoms with Gasteiger partial charge in [0, 0.05) is 35.4 Å². The molecule has 0 fully saturated rings. The van der Waals surface area contributed by atoms with E-state index in [0.29, 0.717) is 17.1 Å². The van der Waals surface area contributed by atoms with Gasteiger partial charge in [0.2, 0.25) is 0 Å². The third-order valence-electron chi connectivity index (χ3n) is 3.81. The largest absolute Gasteiger partial charge is 0.321 e. The molecule has 27 heavy (non-hydrogen) atoms. The number of aromatic nitrogens is 1. The van der Waals surface area contributed by atoms with Crippen molar-refractivity contribution in [2.45, 2.75) is 0 Å². The Bertz CT molecular complexity index is 1040. The third kappa shape index (κ3) is 4.08. The highest BCUT2D eigenvalue weighted by Gasteiger charge is 2.12. The number of para-hydroxylation sites is 1. The lowest BCUT2D eigenvalue weighted by molar-refractivity contribution is -0.384. The zero-order valence-corrected chi connectivity index (χ0v) is 14.1. The molecule has 0 aliphatic carbocycles. The van der Waals surface area contributed by atoms with Crippen LogP contribution < -0.4 is 5.32 Å². The van der Waals surface area contributed by atoms with E-state index in [1.54, 1.807) is 59.3 Å². The Balaban J connectivity index is 1.88. The number of rotatable bonds is 5. The van der Waals surface area contributed by atoms with Crippen LogP contribution in [0.2, 0.25) is 0 Å². The van der Waals surface area contributed by atoms with Gasteiger partial charge in [-0.1, -0.05) is 18.2 Å². The number of nitriles is 1. The van der Waals surface area contributed by atoms with Gasteiger partial charge in [-0.2, -0.15) is 5.26 Å². The molecule has 7 heteroatoms. The molecule has 0 aliphatic rings. The van der Waals surface area contributed by atoms with Crippen molar-refractivity contribution in [3.8, 4) is 11.8 Å². The first-order chi connectivity index (χ1) is 13.1. The first-order valence-corrected chi connectivity index (χ1v) is 7.99. The predicted molar refractivity (Wildman–Crippen MR) is 101 cm³/mol. The molecule has 2 aromatic carbocycles. The summed E-state index contributed by atoms with van der Waals surface area (Å²) in [6, 6.07) is 20.3. The van der Waals surface area contributed by atoms with E-state index in [1.807, 2.05) is 12.1 Å². The van der Waals surface area contributed by atoms with Crippen molar-refractivity contribution >= 4 is 23.4 Å². The van der Waals surface area contributed by atoms with Crippen molar-refractivity contribution in [1.82, 2.24) is 4.57 Å². The summed E-state index contributed by atoms with van der Waals surface area (Å²) in [5.74, 6) is -0.514. The van der Waals surface area contributed by atoms with E-state index in [-0.39, 0.29) is 11.3 Å². The highest BCUT2D eigenvalue weighted by molar-refractivity contribution is 6.09. The number of carbonyl (C=O) groups is 1. The van der Waals surface area contributed by atoms with E-state index in [0.717, 1.165) is 0 Å². The maximum Gasteiger partial charge on any atom is 0.269 e. The molecule has 0 saturated heterocycles. The number of carbonyl (C=O) groups excluding carboxylic acids is 1. The lowest BCUT2D eigenvalue weighted by Crippen LogP contribution is -2.13. The summed E-state index contributed by atoms with van der Waals surface area (Å²) in [4.78, 5) is 22.7. The number of nitrogens with one attached hydrogen (secondary N) is 1. The van der Waals surface area contributed by atoms with Gasteiger partial charge in [0.05, 0.1) is 4.92 Å². The molecule has 1 N–H and O–H groups in total. The van der Waals surface area contributed by atoms with Crippen molar-refractivity contribution < 1.29 is 9.72 Å². The van der Waals surface area contributed by atoms with Gasteiger partial charge >= 0.3 is 0 Å². The molecule has 3 aromatic rings. The molecule has 3 rings (SSSR count). The van der Waals surface area contributed by atoms with Gasteiger partial charge in [-0.05, 0) is 42.5 Å². The van der Waals surface area contributed by atoms with Gasteiger partial charge in [0.1, 0.15) is 11.6 Å². The van der Waals surface area contributed by atoms with Crippen molar-refractivity contribution in [2.75, 3.05) is 5.32 Å². The second kappa shape index (κ2) is 7.80. The quantitative estimate of drug-likeness (QED) is 0.323. The van der Waals surface area contributed by atoms with Gasteiger partial charge in [-0.3, -0.25) is 14.9 Å². The van der Waals surface area contributed by atoms with E-state index in [1.165, 1.54) is 18.2 Å². The minimum atomic E-state index is -0.514. The Morgan fingerprint density at radius 1 is 1.07 bits per heavy atom. The smallest absolute Gasteiger partial charge is 0.269 e. The molecular weight excluding hydrogens is 344 g/mol. The highest BCUT2D eigenvalue weighted by atomic mass is 16.6. The second-order valence-electron chi connectivity index (χ2n) is 5.57. The lowest BCUT2D eigenvalue weighted by Gasteiger charge is -2.07. The number of anilines is 1. The minimum absolute atomic E-state index is 0.0112. The van der Waals surface area contributed by atoms with E-state index in [2.05, 4.69) is 5.32 Å². The number of non-ortho nitro benzene ring substituents is 1. The predicted octanol–water partition coefficient (Wildman–Crippen LogP) is 3.93. The zero-order valence-electron chi connectivity index (χ0n) is 14.1. The lowest BCUT2D eigenvalue weighted by atomic mass is 10.2. The topological polar surface area (TPSA) is 101 Å². The van der Waals surface area contributed by atoms with Crippen LogP contribution in [0.1, 0.15) is 5.69 Å². The molecule has 0 aliphatic heterocycles. The average Bonchev–Trinajstić information content (AvgIpc) is 3.15. The van der Waals surface area contributed by atoms with Crippen LogP contribution in [-0.2, 0) is 4.79 Å². The number of nitrogens with zero attached hydrogens (tertiary/aromatic N) is 3. The number of nitro groups is 1. The molecule has 1 amide bonds. The Kier molecular flexibility index (Phi) is 5.10. The Morgan fingerprint density at radius 3 is 2.41 bits per heavy atom. The van der Waals surface area contributed by atoms with Crippen LogP contribution in [0.3, 0.4) is 0 Å².